The zero-order valence-electron chi connectivity index (χ0n) is 16.1. The number of nitrogens with zero attached hydrogens (tertiary/aromatic N) is 1. The number of nitrogens with one attached hydrogen (secondary N) is 1. The maximum absolute atomic E-state index is 12.6. The molecule has 1 N–H and O–H groups in total. The SMILES string of the molecule is CC(C)S(=O)(=O)c1ccc(C(=O)Nc2ccccc2Oc2ncc(Cl)cc2Cl)cc1. The maximum Gasteiger partial charge on any atom is 0.255 e. The van der Waals surface area contributed by atoms with Gasteiger partial charge in [0.25, 0.3) is 5.91 Å². The first-order valence-electron chi connectivity index (χ1n) is 8.91. The van der Waals surface area contributed by atoms with Gasteiger partial charge in [-0.1, -0.05) is 35.3 Å². The number of ether oxygens (including phenoxy) is 1. The number of benzene rings is 2. The molecule has 0 bridgehead atoms. The summed E-state index contributed by atoms with van der Waals surface area (Å²) >= 11 is 11.9. The number of carbonyl (C=O) groups excluding carboxylic acids is 1. The maximum atomic E-state index is 12.6. The van der Waals surface area contributed by atoms with Crippen LogP contribution in [0.3, 0.4) is 0 Å². The highest BCUT2D eigenvalue weighted by atomic mass is 35.5. The van der Waals surface area contributed by atoms with Gasteiger partial charge in [-0.2, -0.15) is 0 Å². The van der Waals surface area contributed by atoms with E-state index in [2.05, 4.69) is 10.3 Å². The van der Waals surface area contributed by atoms with Gasteiger partial charge in [-0.25, -0.2) is 13.4 Å². The van der Waals surface area contributed by atoms with Crippen LogP contribution in [0.2, 0.25) is 10.0 Å². The van der Waals surface area contributed by atoms with E-state index in [-0.39, 0.29) is 15.8 Å². The molecule has 6 nitrogen and oxygen atoms in total. The molecular formula is C21H18Cl2N2O4S. The Kier molecular flexibility index (Phi) is 6.65. The minimum Gasteiger partial charge on any atom is -0.435 e. The summed E-state index contributed by atoms with van der Waals surface area (Å²) in [5.41, 5.74) is 0.698. The Hall–Kier alpha value is -2.61. The van der Waals surface area contributed by atoms with Gasteiger partial charge in [0.2, 0.25) is 5.88 Å². The summed E-state index contributed by atoms with van der Waals surface area (Å²) in [4.78, 5) is 16.9. The summed E-state index contributed by atoms with van der Waals surface area (Å²) < 4.78 is 30.2. The van der Waals surface area contributed by atoms with Crippen molar-refractivity contribution in [3.8, 4) is 11.6 Å². The number of halogens is 2. The Morgan fingerprint density at radius 3 is 2.37 bits per heavy atom. The third-order valence-corrected chi connectivity index (χ3v) is 6.83. The molecule has 30 heavy (non-hydrogen) atoms. The summed E-state index contributed by atoms with van der Waals surface area (Å²) in [6, 6.07) is 14.1. The smallest absolute Gasteiger partial charge is 0.255 e. The predicted octanol–water partition coefficient (Wildman–Crippen LogP) is 5.62. The van der Waals surface area contributed by atoms with E-state index in [0.717, 1.165) is 0 Å². The van der Waals surface area contributed by atoms with Crippen LogP contribution in [0.4, 0.5) is 5.69 Å². The van der Waals surface area contributed by atoms with Crippen molar-refractivity contribution in [2.45, 2.75) is 24.0 Å². The molecule has 3 aromatic rings. The van der Waals surface area contributed by atoms with Crippen molar-refractivity contribution in [3.63, 3.8) is 0 Å². The minimum absolute atomic E-state index is 0.144. The number of para-hydroxylation sites is 2. The third kappa shape index (κ3) is 4.92. The van der Waals surface area contributed by atoms with Crippen LogP contribution in [0.1, 0.15) is 24.2 Å². The number of pyridine rings is 1. The van der Waals surface area contributed by atoms with E-state index in [1.807, 2.05) is 0 Å². The quantitative estimate of drug-likeness (QED) is 0.511. The van der Waals surface area contributed by atoms with Crippen LogP contribution in [0.5, 0.6) is 11.6 Å². The van der Waals surface area contributed by atoms with Crippen molar-refractivity contribution in [2.75, 3.05) is 5.32 Å². The molecule has 0 radical (unpaired) electrons. The Morgan fingerprint density at radius 2 is 1.73 bits per heavy atom. The second-order valence-electron chi connectivity index (χ2n) is 6.61. The number of rotatable bonds is 6. The van der Waals surface area contributed by atoms with Crippen LogP contribution >= 0.6 is 23.2 Å². The molecule has 1 aromatic heterocycles. The fourth-order valence-corrected chi connectivity index (χ4v) is 3.98. The fraction of sp³-hybridized carbons (Fsp3) is 0.143. The third-order valence-electron chi connectivity index (χ3n) is 4.18. The Labute approximate surface area is 184 Å². The number of hydrogen-bond donors (Lipinski definition) is 1. The lowest BCUT2D eigenvalue weighted by Gasteiger charge is -2.13. The molecular weight excluding hydrogens is 447 g/mol. The largest absolute Gasteiger partial charge is 0.435 e. The summed E-state index contributed by atoms with van der Waals surface area (Å²) in [7, 11) is -3.41. The van der Waals surface area contributed by atoms with Gasteiger partial charge in [0.05, 0.1) is 20.9 Å². The van der Waals surface area contributed by atoms with Gasteiger partial charge in [0, 0.05) is 11.8 Å². The van der Waals surface area contributed by atoms with Gasteiger partial charge in [0.15, 0.2) is 15.6 Å². The first kappa shape index (κ1) is 22.1. The van der Waals surface area contributed by atoms with E-state index < -0.39 is 21.0 Å². The first-order valence-corrected chi connectivity index (χ1v) is 11.2. The molecule has 3 rings (SSSR count). The standard InChI is InChI=1S/C21H18Cl2N2O4S/c1-13(2)30(27,28)16-9-7-14(8-10-16)20(26)25-18-5-3-4-6-19(18)29-21-17(23)11-15(22)12-24-21/h3-13H,1-2H3,(H,25,26). The first-order chi connectivity index (χ1) is 14.2. The average Bonchev–Trinajstić information content (AvgIpc) is 2.71. The molecule has 9 heteroatoms. The van der Waals surface area contributed by atoms with Crippen molar-refractivity contribution < 1.29 is 17.9 Å². The van der Waals surface area contributed by atoms with E-state index in [1.165, 1.54) is 36.5 Å². The second-order valence-corrected chi connectivity index (χ2v) is 9.96. The lowest BCUT2D eigenvalue weighted by molar-refractivity contribution is 0.102. The molecule has 0 aliphatic carbocycles. The highest BCUT2D eigenvalue weighted by Crippen LogP contribution is 2.33. The van der Waals surface area contributed by atoms with Crippen molar-refractivity contribution in [1.29, 1.82) is 0 Å². The van der Waals surface area contributed by atoms with Crippen molar-refractivity contribution in [1.82, 2.24) is 4.98 Å². The highest BCUT2D eigenvalue weighted by molar-refractivity contribution is 7.92. The van der Waals surface area contributed by atoms with Gasteiger partial charge < -0.3 is 10.1 Å². The summed E-state index contributed by atoms with van der Waals surface area (Å²) in [5.74, 6) is 0.0577. The topological polar surface area (TPSA) is 85.4 Å². The van der Waals surface area contributed by atoms with Crippen molar-refractivity contribution in [3.05, 3.63) is 76.4 Å². The molecule has 0 unspecified atom stereocenters. The number of carbonyl (C=O) groups is 1. The zero-order valence-corrected chi connectivity index (χ0v) is 18.4. The van der Waals surface area contributed by atoms with E-state index in [4.69, 9.17) is 27.9 Å². The molecule has 0 atom stereocenters. The molecule has 0 saturated carbocycles. The molecule has 0 saturated heterocycles. The van der Waals surface area contributed by atoms with Gasteiger partial charge >= 0.3 is 0 Å². The number of amides is 1. The van der Waals surface area contributed by atoms with Crippen LogP contribution in [0, 0.1) is 0 Å². The van der Waals surface area contributed by atoms with E-state index >= 15 is 0 Å². The molecule has 0 aliphatic heterocycles. The fourth-order valence-electron chi connectivity index (χ4n) is 2.50. The Bertz CT molecular complexity index is 1180. The lowest BCUT2D eigenvalue weighted by Crippen LogP contribution is -2.15. The van der Waals surface area contributed by atoms with Gasteiger partial charge in [-0.05, 0) is 56.3 Å². The number of hydrogen-bond acceptors (Lipinski definition) is 5. The normalized spacial score (nSPS) is 11.4. The van der Waals surface area contributed by atoms with Crippen molar-refractivity contribution >= 4 is 44.6 Å². The zero-order chi connectivity index (χ0) is 21.9. The minimum atomic E-state index is -3.41. The number of sulfone groups is 1. The van der Waals surface area contributed by atoms with E-state index in [1.54, 1.807) is 38.1 Å². The summed E-state index contributed by atoms with van der Waals surface area (Å²) in [6.07, 6.45) is 1.40. The van der Waals surface area contributed by atoms with Gasteiger partial charge in [-0.15, -0.1) is 0 Å². The van der Waals surface area contributed by atoms with Crippen molar-refractivity contribution in [2.24, 2.45) is 0 Å². The van der Waals surface area contributed by atoms with Crippen LogP contribution in [0.25, 0.3) is 0 Å². The molecule has 0 spiro atoms. The predicted molar refractivity (Wildman–Crippen MR) is 117 cm³/mol. The van der Waals surface area contributed by atoms with E-state index in [9.17, 15) is 13.2 Å². The average molecular weight is 465 g/mol. The lowest BCUT2D eigenvalue weighted by atomic mass is 10.2. The van der Waals surface area contributed by atoms with Crippen LogP contribution in [-0.4, -0.2) is 24.6 Å². The Balaban J connectivity index is 1.81. The molecule has 1 amide bonds. The van der Waals surface area contributed by atoms with Crippen LogP contribution in [-0.2, 0) is 9.84 Å². The summed E-state index contributed by atoms with van der Waals surface area (Å²) in [5, 5.41) is 2.80. The molecule has 156 valence electrons. The number of aromatic nitrogens is 1. The molecule has 0 aliphatic rings. The van der Waals surface area contributed by atoms with E-state index in [0.29, 0.717) is 22.0 Å². The van der Waals surface area contributed by atoms with Crippen LogP contribution < -0.4 is 10.1 Å². The number of anilines is 1. The van der Waals surface area contributed by atoms with Crippen LogP contribution in [0.15, 0.2) is 65.7 Å². The monoisotopic (exact) mass is 464 g/mol. The second kappa shape index (κ2) is 9.04. The van der Waals surface area contributed by atoms with Gasteiger partial charge in [-0.3, -0.25) is 4.79 Å². The van der Waals surface area contributed by atoms with Gasteiger partial charge in [0.1, 0.15) is 5.02 Å². The molecule has 1 heterocycles. The molecule has 0 fully saturated rings. The summed E-state index contributed by atoms with van der Waals surface area (Å²) in [6.45, 7) is 3.21. The highest BCUT2D eigenvalue weighted by Gasteiger charge is 2.19. The Morgan fingerprint density at radius 1 is 1.07 bits per heavy atom. The molecule has 2 aromatic carbocycles.